The number of ether oxygens (including phenoxy) is 5. The topological polar surface area (TPSA) is 118 Å². The maximum atomic E-state index is 13.4. The SMILES string of the molecule is COC(=O)CC1C2(C)C3=C(C)C(C4=CCOC4=O)CC3OC2C2OCC3(C)C(O)CC(OC(=O)C=Cc4ccccc4)C1(C)C23. The molecule has 0 bridgehead atoms. The van der Waals surface area contributed by atoms with Crippen molar-refractivity contribution in [3.05, 3.63) is 64.8 Å². The number of hydrogen-bond acceptors (Lipinski definition) is 9. The summed E-state index contributed by atoms with van der Waals surface area (Å²) in [5.74, 6) is -1.95. The first-order valence-electron chi connectivity index (χ1n) is 16.0. The van der Waals surface area contributed by atoms with Gasteiger partial charge < -0.3 is 28.8 Å². The predicted octanol–water partition coefficient (Wildman–Crippen LogP) is 4.19. The van der Waals surface area contributed by atoms with Crippen LogP contribution in [-0.4, -0.2) is 73.9 Å². The lowest BCUT2D eigenvalue weighted by Gasteiger charge is -2.65. The Morgan fingerprint density at radius 2 is 1.89 bits per heavy atom. The van der Waals surface area contributed by atoms with E-state index in [1.54, 1.807) is 6.08 Å². The maximum Gasteiger partial charge on any atom is 0.334 e. The van der Waals surface area contributed by atoms with Crippen LogP contribution in [0.15, 0.2) is 59.2 Å². The van der Waals surface area contributed by atoms with Crippen molar-refractivity contribution in [3.8, 4) is 0 Å². The van der Waals surface area contributed by atoms with E-state index in [0.29, 0.717) is 18.6 Å². The highest BCUT2D eigenvalue weighted by Crippen LogP contribution is 2.73. The monoisotopic (exact) mass is 618 g/mol. The Morgan fingerprint density at radius 3 is 2.58 bits per heavy atom. The number of benzene rings is 1. The third kappa shape index (κ3) is 4.26. The fourth-order valence-electron chi connectivity index (χ4n) is 10.4. The number of hydrogen-bond donors (Lipinski definition) is 1. The molecule has 1 N–H and O–H groups in total. The zero-order valence-corrected chi connectivity index (χ0v) is 26.5. The lowest BCUT2D eigenvalue weighted by atomic mass is 9.40. The summed E-state index contributed by atoms with van der Waals surface area (Å²) in [5, 5.41) is 11.6. The van der Waals surface area contributed by atoms with Crippen LogP contribution in [0.25, 0.3) is 6.08 Å². The molecule has 9 heteroatoms. The first-order valence-corrected chi connectivity index (χ1v) is 16.0. The molecular formula is C36H42O9. The Hall–Kier alpha value is -3.27. The molecule has 1 aromatic rings. The summed E-state index contributed by atoms with van der Waals surface area (Å²) in [7, 11) is 1.39. The fraction of sp³-hybridized carbons (Fsp3) is 0.583. The molecule has 3 aliphatic carbocycles. The van der Waals surface area contributed by atoms with E-state index >= 15 is 0 Å². The smallest absolute Gasteiger partial charge is 0.334 e. The largest absolute Gasteiger partial charge is 0.469 e. The summed E-state index contributed by atoms with van der Waals surface area (Å²) >= 11 is 0. The molecule has 45 heavy (non-hydrogen) atoms. The lowest BCUT2D eigenvalue weighted by Crippen LogP contribution is -2.70. The summed E-state index contributed by atoms with van der Waals surface area (Å²) in [4.78, 5) is 39.3. The Balaban J connectivity index is 1.34. The molecule has 7 rings (SSSR count). The van der Waals surface area contributed by atoms with Gasteiger partial charge in [-0.3, -0.25) is 4.79 Å². The zero-order chi connectivity index (χ0) is 31.9. The highest BCUT2D eigenvalue weighted by Gasteiger charge is 2.78. The second kappa shape index (κ2) is 10.6. The number of esters is 3. The molecule has 6 aliphatic rings. The van der Waals surface area contributed by atoms with Crippen LogP contribution in [0.1, 0.15) is 52.5 Å². The summed E-state index contributed by atoms with van der Waals surface area (Å²) in [6.07, 6.45) is 3.33. The molecule has 9 nitrogen and oxygen atoms in total. The average Bonchev–Trinajstić information content (AvgIpc) is 3.76. The van der Waals surface area contributed by atoms with Crippen LogP contribution >= 0.6 is 0 Å². The minimum Gasteiger partial charge on any atom is -0.469 e. The van der Waals surface area contributed by atoms with Crippen molar-refractivity contribution in [2.45, 2.75) is 77.5 Å². The molecular weight excluding hydrogens is 576 g/mol. The second-order valence-electron chi connectivity index (χ2n) is 14.3. The molecule has 11 unspecified atom stereocenters. The van der Waals surface area contributed by atoms with Crippen LogP contribution in [0, 0.1) is 34.0 Å². The predicted molar refractivity (Wildman–Crippen MR) is 162 cm³/mol. The summed E-state index contributed by atoms with van der Waals surface area (Å²) in [5.41, 5.74) is 1.54. The van der Waals surface area contributed by atoms with Crippen LogP contribution in [0.5, 0.6) is 0 Å². The minimum absolute atomic E-state index is 0.0750. The van der Waals surface area contributed by atoms with Crippen LogP contribution in [0.3, 0.4) is 0 Å². The summed E-state index contributed by atoms with van der Waals surface area (Å²) in [6.45, 7) is 8.95. The van der Waals surface area contributed by atoms with E-state index in [1.807, 2.05) is 43.3 Å². The first kappa shape index (κ1) is 30.4. The molecule has 0 radical (unpaired) electrons. The molecule has 4 fully saturated rings. The Labute approximate surface area is 263 Å². The highest BCUT2D eigenvalue weighted by atomic mass is 16.6. The van der Waals surface area contributed by atoms with Crippen LogP contribution in [0.2, 0.25) is 0 Å². The van der Waals surface area contributed by atoms with E-state index < -0.39 is 46.6 Å². The average molecular weight is 619 g/mol. The van der Waals surface area contributed by atoms with Gasteiger partial charge in [-0.25, -0.2) is 9.59 Å². The van der Waals surface area contributed by atoms with Gasteiger partial charge in [0.15, 0.2) is 0 Å². The number of rotatable bonds is 6. The quantitative estimate of drug-likeness (QED) is 0.217. The first-order chi connectivity index (χ1) is 21.4. The molecule has 2 saturated carbocycles. The third-order valence-electron chi connectivity index (χ3n) is 12.4. The lowest BCUT2D eigenvalue weighted by molar-refractivity contribution is -0.248. The molecule has 11 atom stereocenters. The van der Waals surface area contributed by atoms with Gasteiger partial charge in [-0.15, -0.1) is 0 Å². The number of cyclic esters (lactones) is 1. The van der Waals surface area contributed by atoms with Crippen molar-refractivity contribution in [1.82, 2.24) is 0 Å². The van der Waals surface area contributed by atoms with Crippen molar-refractivity contribution in [1.29, 1.82) is 0 Å². The van der Waals surface area contributed by atoms with Crippen molar-refractivity contribution in [3.63, 3.8) is 0 Å². The van der Waals surface area contributed by atoms with Crippen molar-refractivity contribution >= 4 is 24.0 Å². The van der Waals surface area contributed by atoms with E-state index in [1.165, 1.54) is 13.2 Å². The van der Waals surface area contributed by atoms with Crippen molar-refractivity contribution < 1.29 is 43.2 Å². The standard InChI is InChI=1S/C36H42O9/c1-19-22(21-13-14-42-33(21)40)15-23-29(19)36(4)24(16-28(39)41-5)35(3)26(45-27(38)12-11-20-9-7-6-8-10-20)17-25(37)34(2)18-43-30(31(34)35)32(36)44-23/h6-13,22-26,30-32,37H,14-18H2,1-5H3. The molecule has 0 amide bonds. The Morgan fingerprint density at radius 1 is 1.13 bits per heavy atom. The van der Waals surface area contributed by atoms with Gasteiger partial charge in [-0.05, 0) is 42.6 Å². The summed E-state index contributed by atoms with van der Waals surface area (Å²) in [6, 6.07) is 9.51. The normalized spacial score (nSPS) is 43.1. The van der Waals surface area contributed by atoms with Gasteiger partial charge in [0.2, 0.25) is 0 Å². The summed E-state index contributed by atoms with van der Waals surface area (Å²) < 4.78 is 30.4. The number of aliphatic hydroxyl groups is 1. The molecule has 3 heterocycles. The molecule has 2 saturated heterocycles. The van der Waals surface area contributed by atoms with Crippen LogP contribution in [-0.2, 0) is 38.1 Å². The van der Waals surface area contributed by atoms with E-state index in [4.69, 9.17) is 23.7 Å². The molecule has 0 spiro atoms. The number of allylic oxidation sites excluding steroid dienone is 1. The van der Waals surface area contributed by atoms with Gasteiger partial charge in [-0.1, -0.05) is 56.7 Å². The van der Waals surface area contributed by atoms with Crippen LogP contribution < -0.4 is 0 Å². The van der Waals surface area contributed by atoms with E-state index in [0.717, 1.165) is 16.7 Å². The minimum atomic E-state index is -0.792. The van der Waals surface area contributed by atoms with Crippen molar-refractivity contribution in [2.24, 2.45) is 34.0 Å². The number of fused-ring (bicyclic) bond motifs is 4. The Bertz CT molecular complexity index is 1510. The number of methoxy groups -OCH3 is 1. The molecule has 240 valence electrons. The van der Waals surface area contributed by atoms with Crippen LogP contribution in [0.4, 0.5) is 0 Å². The van der Waals surface area contributed by atoms with E-state index in [2.05, 4.69) is 20.8 Å². The molecule has 3 aliphatic heterocycles. The molecule has 0 aromatic heterocycles. The van der Waals surface area contributed by atoms with Gasteiger partial charge in [0, 0.05) is 52.6 Å². The maximum absolute atomic E-state index is 13.4. The highest BCUT2D eigenvalue weighted by molar-refractivity contribution is 5.92. The van der Waals surface area contributed by atoms with Gasteiger partial charge in [0.05, 0.1) is 38.1 Å². The van der Waals surface area contributed by atoms with E-state index in [-0.39, 0.29) is 55.2 Å². The Kier molecular flexibility index (Phi) is 7.19. The fourth-order valence-corrected chi connectivity index (χ4v) is 10.4. The second-order valence-corrected chi connectivity index (χ2v) is 14.3. The van der Waals surface area contributed by atoms with Crippen molar-refractivity contribution in [2.75, 3.05) is 20.3 Å². The third-order valence-corrected chi connectivity index (χ3v) is 12.4. The van der Waals surface area contributed by atoms with Gasteiger partial charge in [-0.2, -0.15) is 0 Å². The molecule has 1 aromatic carbocycles. The number of carbonyl (C=O) groups is 3. The van der Waals surface area contributed by atoms with Gasteiger partial charge in [0.25, 0.3) is 0 Å². The van der Waals surface area contributed by atoms with Gasteiger partial charge in [0.1, 0.15) is 12.7 Å². The zero-order valence-electron chi connectivity index (χ0n) is 26.5. The number of carbonyl (C=O) groups excluding carboxylic acids is 3. The van der Waals surface area contributed by atoms with Gasteiger partial charge >= 0.3 is 17.9 Å². The number of aliphatic hydroxyl groups excluding tert-OH is 1. The van der Waals surface area contributed by atoms with E-state index in [9.17, 15) is 19.5 Å².